The fourth-order valence-corrected chi connectivity index (χ4v) is 2.30. The van der Waals surface area contributed by atoms with E-state index in [0.717, 1.165) is 12.8 Å². The van der Waals surface area contributed by atoms with Crippen LogP contribution in [0, 0.1) is 5.41 Å². The average molecular weight is 225 g/mol. The van der Waals surface area contributed by atoms with Gasteiger partial charge in [-0.1, -0.05) is 11.2 Å². The molecule has 0 saturated heterocycles. The van der Waals surface area contributed by atoms with Crippen molar-refractivity contribution in [1.29, 1.82) is 0 Å². The summed E-state index contributed by atoms with van der Waals surface area (Å²) in [4.78, 5) is 12.0. The molecule has 1 aliphatic rings. The topological polar surface area (TPSA) is 58.9 Å². The minimum atomic E-state index is -0.709. The van der Waals surface area contributed by atoms with Gasteiger partial charge in [-0.2, -0.15) is 0 Å². The van der Waals surface area contributed by atoms with Gasteiger partial charge in [0.1, 0.15) is 5.41 Å². The van der Waals surface area contributed by atoms with Gasteiger partial charge < -0.3 is 9.94 Å². The van der Waals surface area contributed by atoms with Crippen LogP contribution in [0.3, 0.4) is 0 Å². The predicted octanol–water partition coefficient (Wildman–Crippen LogP) is 2.52. The fraction of sp³-hybridized carbons (Fsp3) is 0.667. The predicted molar refractivity (Wildman–Crippen MR) is 61.6 cm³/mol. The number of hydrogen-bond donors (Lipinski definition) is 1. The third-order valence-corrected chi connectivity index (χ3v) is 3.13. The van der Waals surface area contributed by atoms with Gasteiger partial charge in [0.2, 0.25) is 0 Å². The van der Waals surface area contributed by atoms with E-state index < -0.39 is 5.41 Å². The van der Waals surface area contributed by atoms with Gasteiger partial charge in [-0.25, -0.2) is 0 Å². The minimum absolute atomic E-state index is 0.262. The van der Waals surface area contributed by atoms with Crippen LogP contribution in [-0.4, -0.2) is 23.5 Å². The van der Waals surface area contributed by atoms with Gasteiger partial charge in [0, 0.05) is 0 Å². The molecule has 0 aromatic rings. The summed E-state index contributed by atoms with van der Waals surface area (Å²) in [6.45, 7) is 5.79. The smallest absolute Gasteiger partial charge is 0.317 e. The molecule has 0 unspecified atom stereocenters. The number of esters is 1. The number of rotatable bonds is 5. The van der Waals surface area contributed by atoms with E-state index in [1.54, 1.807) is 13.0 Å². The molecule has 1 atom stereocenters. The molecule has 0 aliphatic heterocycles. The Labute approximate surface area is 96.0 Å². The van der Waals surface area contributed by atoms with Crippen molar-refractivity contribution in [3.05, 3.63) is 12.7 Å². The van der Waals surface area contributed by atoms with E-state index in [1.165, 1.54) is 0 Å². The summed E-state index contributed by atoms with van der Waals surface area (Å²) in [6.07, 6.45) is 5.36. The zero-order valence-electron chi connectivity index (χ0n) is 9.74. The summed E-state index contributed by atoms with van der Waals surface area (Å²) >= 11 is 0. The molecule has 4 nitrogen and oxygen atoms in total. The molecule has 1 aliphatic carbocycles. The molecule has 0 aromatic carbocycles. The van der Waals surface area contributed by atoms with Crippen LogP contribution in [0.2, 0.25) is 0 Å². The molecule has 0 heterocycles. The molecular formula is C12H19NO3. The van der Waals surface area contributed by atoms with E-state index in [0.29, 0.717) is 31.6 Å². The Kier molecular flexibility index (Phi) is 4.52. The van der Waals surface area contributed by atoms with Crippen LogP contribution >= 0.6 is 0 Å². The summed E-state index contributed by atoms with van der Waals surface area (Å²) in [6, 6.07) is 0. The largest absolute Gasteiger partial charge is 0.465 e. The summed E-state index contributed by atoms with van der Waals surface area (Å²) in [5, 5.41) is 12.3. The molecule has 1 rings (SSSR count). The molecule has 0 aromatic heterocycles. The molecule has 1 N–H and O–H groups in total. The SMILES string of the molecule is C=CCC[C@@]1(C(=O)OCC)CCC/C1=N/O. The van der Waals surface area contributed by atoms with Crippen LogP contribution in [0.5, 0.6) is 0 Å². The lowest BCUT2D eigenvalue weighted by atomic mass is 9.80. The van der Waals surface area contributed by atoms with Gasteiger partial charge in [-0.05, 0) is 39.0 Å². The van der Waals surface area contributed by atoms with Crippen LogP contribution in [0.4, 0.5) is 0 Å². The van der Waals surface area contributed by atoms with Gasteiger partial charge in [0.15, 0.2) is 0 Å². The number of carbonyl (C=O) groups is 1. The van der Waals surface area contributed by atoms with Crippen molar-refractivity contribution in [1.82, 2.24) is 0 Å². The Bertz CT molecular complexity index is 299. The molecule has 1 saturated carbocycles. The molecule has 1 fully saturated rings. The zero-order chi connectivity index (χ0) is 12.0. The number of carbonyl (C=O) groups excluding carboxylic acids is 1. The van der Waals surface area contributed by atoms with Crippen LogP contribution < -0.4 is 0 Å². The van der Waals surface area contributed by atoms with Gasteiger partial charge in [-0.3, -0.25) is 4.79 Å². The molecular weight excluding hydrogens is 206 g/mol. The first-order valence-corrected chi connectivity index (χ1v) is 5.70. The fourth-order valence-electron chi connectivity index (χ4n) is 2.30. The van der Waals surface area contributed by atoms with Gasteiger partial charge in [0.25, 0.3) is 0 Å². The van der Waals surface area contributed by atoms with E-state index >= 15 is 0 Å². The lowest BCUT2D eigenvalue weighted by Gasteiger charge is -2.26. The maximum Gasteiger partial charge on any atom is 0.317 e. The first kappa shape index (κ1) is 12.7. The Morgan fingerprint density at radius 2 is 2.50 bits per heavy atom. The third-order valence-electron chi connectivity index (χ3n) is 3.13. The van der Waals surface area contributed by atoms with E-state index in [2.05, 4.69) is 11.7 Å². The molecule has 16 heavy (non-hydrogen) atoms. The van der Waals surface area contributed by atoms with Crippen molar-refractivity contribution in [2.24, 2.45) is 10.6 Å². The summed E-state index contributed by atoms with van der Waals surface area (Å²) in [7, 11) is 0. The van der Waals surface area contributed by atoms with Crippen LogP contribution in [-0.2, 0) is 9.53 Å². The Balaban J connectivity index is 2.91. The van der Waals surface area contributed by atoms with Crippen molar-refractivity contribution in [3.8, 4) is 0 Å². The Morgan fingerprint density at radius 1 is 1.75 bits per heavy atom. The van der Waals surface area contributed by atoms with Crippen LogP contribution in [0.25, 0.3) is 0 Å². The molecule has 0 spiro atoms. The highest BCUT2D eigenvalue weighted by Gasteiger charge is 2.47. The van der Waals surface area contributed by atoms with E-state index in [9.17, 15) is 4.79 Å². The standard InChI is InChI=1S/C12H19NO3/c1-3-5-8-12(11(14)16-4-2)9-6-7-10(12)13-15/h3,15H,1,4-9H2,2H3/b13-10-/t12-/m1/s1. The van der Waals surface area contributed by atoms with Crippen LogP contribution in [0.1, 0.15) is 39.0 Å². The lowest BCUT2D eigenvalue weighted by Crippen LogP contribution is -2.37. The summed E-state index contributed by atoms with van der Waals surface area (Å²) < 4.78 is 5.09. The first-order valence-electron chi connectivity index (χ1n) is 5.70. The van der Waals surface area contributed by atoms with E-state index in [1.807, 2.05) is 0 Å². The lowest BCUT2D eigenvalue weighted by molar-refractivity contribution is -0.151. The molecule has 4 heteroatoms. The number of allylic oxidation sites excluding steroid dienone is 1. The average Bonchev–Trinajstić information content (AvgIpc) is 2.70. The van der Waals surface area contributed by atoms with Gasteiger partial charge in [-0.15, -0.1) is 6.58 Å². The number of ether oxygens (including phenoxy) is 1. The maximum atomic E-state index is 12.0. The van der Waals surface area contributed by atoms with E-state index in [-0.39, 0.29) is 5.97 Å². The number of oxime groups is 1. The molecule has 0 bridgehead atoms. The van der Waals surface area contributed by atoms with Crippen molar-refractivity contribution in [2.75, 3.05) is 6.61 Å². The monoisotopic (exact) mass is 225 g/mol. The highest BCUT2D eigenvalue weighted by molar-refractivity contribution is 6.07. The minimum Gasteiger partial charge on any atom is -0.465 e. The molecule has 90 valence electrons. The number of nitrogens with zero attached hydrogens (tertiary/aromatic N) is 1. The highest BCUT2D eigenvalue weighted by atomic mass is 16.5. The quantitative estimate of drug-likeness (QED) is 0.338. The summed E-state index contributed by atoms with van der Waals surface area (Å²) in [5.41, 5.74) is -0.147. The zero-order valence-corrected chi connectivity index (χ0v) is 9.74. The van der Waals surface area contributed by atoms with Crippen molar-refractivity contribution < 1.29 is 14.7 Å². The highest BCUT2D eigenvalue weighted by Crippen LogP contribution is 2.41. The summed E-state index contributed by atoms with van der Waals surface area (Å²) in [5.74, 6) is -0.262. The second-order valence-electron chi connectivity index (χ2n) is 4.03. The second-order valence-corrected chi connectivity index (χ2v) is 4.03. The maximum absolute atomic E-state index is 12.0. The Morgan fingerprint density at radius 3 is 3.06 bits per heavy atom. The van der Waals surface area contributed by atoms with Gasteiger partial charge >= 0.3 is 5.97 Å². The first-order chi connectivity index (χ1) is 7.71. The van der Waals surface area contributed by atoms with Crippen molar-refractivity contribution >= 4 is 11.7 Å². The van der Waals surface area contributed by atoms with E-state index in [4.69, 9.17) is 9.94 Å². The van der Waals surface area contributed by atoms with Crippen LogP contribution in [0.15, 0.2) is 17.8 Å². The van der Waals surface area contributed by atoms with Crippen molar-refractivity contribution in [3.63, 3.8) is 0 Å². The van der Waals surface area contributed by atoms with Crippen molar-refractivity contribution in [2.45, 2.75) is 39.0 Å². The molecule has 0 amide bonds. The van der Waals surface area contributed by atoms with Gasteiger partial charge in [0.05, 0.1) is 12.3 Å². The third kappa shape index (κ3) is 2.26. The number of hydrogen-bond acceptors (Lipinski definition) is 4. The Hall–Kier alpha value is -1.32. The second kappa shape index (κ2) is 5.68. The molecule has 0 radical (unpaired) electrons. The normalized spacial score (nSPS) is 26.9.